The third-order valence-corrected chi connectivity index (χ3v) is 4.21. The highest BCUT2D eigenvalue weighted by Gasteiger charge is 2.22. The largest absolute Gasteiger partial charge is 0.410 e. The number of carbonyl (C=O) groups is 1. The molecule has 0 radical (unpaired) electrons. The van der Waals surface area contributed by atoms with Crippen molar-refractivity contribution in [2.75, 3.05) is 5.75 Å². The van der Waals surface area contributed by atoms with Gasteiger partial charge in [-0.15, -0.1) is 10.2 Å². The normalized spacial score (nSPS) is 11.8. The minimum atomic E-state index is -0.365. The summed E-state index contributed by atoms with van der Waals surface area (Å²) in [6, 6.07) is 11.7. The first-order chi connectivity index (χ1) is 10.9. The van der Waals surface area contributed by atoms with Crippen molar-refractivity contribution in [1.82, 2.24) is 15.2 Å². The predicted molar refractivity (Wildman–Crippen MR) is 90.2 cm³/mol. The van der Waals surface area contributed by atoms with E-state index in [1.807, 2.05) is 57.2 Å². The van der Waals surface area contributed by atoms with Gasteiger partial charge in [0.15, 0.2) is 0 Å². The van der Waals surface area contributed by atoms with Crippen LogP contribution in [0.2, 0.25) is 0 Å². The monoisotopic (exact) mass is 327 g/mol. The molecule has 0 saturated heterocycles. The summed E-state index contributed by atoms with van der Waals surface area (Å²) in [6.45, 7) is 5.69. The number of para-hydroxylation sites is 1. The Balaban J connectivity index is 1.76. The lowest BCUT2D eigenvalue weighted by molar-refractivity contribution is -0.123. The van der Waals surface area contributed by atoms with E-state index in [0.29, 0.717) is 22.6 Å². The molecule has 0 bridgehead atoms. The van der Waals surface area contributed by atoms with Crippen LogP contribution in [0.3, 0.4) is 0 Å². The van der Waals surface area contributed by atoms with Gasteiger partial charge in [-0.2, -0.15) is 0 Å². The Hall–Kier alpha value is -2.21. The molecule has 0 amide bonds. The summed E-state index contributed by atoms with van der Waals surface area (Å²) < 4.78 is 5.61. The van der Waals surface area contributed by atoms with E-state index in [9.17, 15) is 4.79 Å². The van der Waals surface area contributed by atoms with E-state index in [0.717, 1.165) is 10.9 Å². The third-order valence-electron chi connectivity index (χ3n) is 3.39. The van der Waals surface area contributed by atoms with Crippen LogP contribution in [0.1, 0.15) is 20.8 Å². The topological polar surface area (TPSA) is 68.9 Å². The fraction of sp³-hybridized carbons (Fsp3) is 0.294. The highest BCUT2D eigenvalue weighted by molar-refractivity contribution is 7.99. The smallest absolute Gasteiger partial charge is 0.277 e. The lowest BCUT2D eigenvalue weighted by atomic mass is 9.92. The maximum Gasteiger partial charge on any atom is 0.277 e. The number of hydrogen-bond donors (Lipinski definition) is 0. The van der Waals surface area contributed by atoms with E-state index >= 15 is 0 Å². The van der Waals surface area contributed by atoms with Gasteiger partial charge in [0.25, 0.3) is 11.1 Å². The average molecular weight is 327 g/mol. The van der Waals surface area contributed by atoms with E-state index < -0.39 is 0 Å². The molecule has 0 saturated carbocycles. The molecule has 0 spiro atoms. The molecule has 0 aliphatic carbocycles. The molecular weight excluding hydrogens is 310 g/mol. The molecule has 2 aromatic heterocycles. The first kappa shape index (κ1) is 15.7. The second kappa shape index (κ2) is 6.12. The number of hydrogen-bond acceptors (Lipinski definition) is 6. The SMILES string of the molecule is CC(C)(C)C(=O)CSc1nnc(-c2ccc3ccccc3n2)o1. The Morgan fingerprint density at radius 3 is 2.70 bits per heavy atom. The quantitative estimate of drug-likeness (QED) is 0.675. The van der Waals surface area contributed by atoms with Gasteiger partial charge in [-0.05, 0) is 12.1 Å². The van der Waals surface area contributed by atoms with Crippen molar-refractivity contribution in [2.45, 2.75) is 26.0 Å². The van der Waals surface area contributed by atoms with Gasteiger partial charge in [-0.3, -0.25) is 4.79 Å². The van der Waals surface area contributed by atoms with Crippen LogP contribution < -0.4 is 0 Å². The summed E-state index contributed by atoms with van der Waals surface area (Å²) in [5, 5.41) is 9.44. The summed E-state index contributed by atoms with van der Waals surface area (Å²) in [5.74, 6) is 0.823. The van der Waals surface area contributed by atoms with Crippen LogP contribution in [-0.4, -0.2) is 26.7 Å². The fourth-order valence-electron chi connectivity index (χ4n) is 1.90. The molecule has 0 N–H and O–H groups in total. The van der Waals surface area contributed by atoms with Crippen LogP contribution in [0.15, 0.2) is 46.0 Å². The Kier molecular flexibility index (Phi) is 4.17. The predicted octanol–water partition coefficient (Wildman–Crippen LogP) is 3.99. The molecule has 6 heteroatoms. The maximum atomic E-state index is 11.9. The zero-order chi connectivity index (χ0) is 16.4. The molecule has 23 heavy (non-hydrogen) atoms. The number of aromatic nitrogens is 3. The lowest BCUT2D eigenvalue weighted by Gasteiger charge is -2.14. The highest BCUT2D eigenvalue weighted by Crippen LogP contribution is 2.26. The molecule has 0 fully saturated rings. The number of carbonyl (C=O) groups excluding carboxylic acids is 1. The zero-order valence-corrected chi connectivity index (χ0v) is 14.1. The van der Waals surface area contributed by atoms with Crippen molar-refractivity contribution in [3.63, 3.8) is 0 Å². The number of fused-ring (bicyclic) bond motifs is 1. The number of pyridine rings is 1. The Labute approximate surface area is 138 Å². The standard InChI is InChI=1S/C17H17N3O2S/c1-17(2,3)14(21)10-23-16-20-19-15(22-16)13-9-8-11-6-4-5-7-12(11)18-13/h4-9H,10H2,1-3H3. The first-order valence-electron chi connectivity index (χ1n) is 7.29. The Bertz CT molecular complexity index is 852. The van der Waals surface area contributed by atoms with Crippen LogP contribution in [0.4, 0.5) is 0 Å². The van der Waals surface area contributed by atoms with Crippen molar-refractivity contribution in [1.29, 1.82) is 0 Å². The van der Waals surface area contributed by atoms with Gasteiger partial charge in [-0.25, -0.2) is 4.98 Å². The molecule has 5 nitrogen and oxygen atoms in total. The average Bonchev–Trinajstić information content (AvgIpc) is 3.00. The highest BCUT2D eigenvalue weighted by atomic mass is 32.2. The molecular formula is C17H17N3O2S. The molecule has 0 aliphatic heterocycles. The van der Waals surface area contributed by atoms with Gasteiger partial charge in [-0.1, -0.05) is 56.8 Å². The number of ketones is 1. The lowest BCUT2D eigenvalue weighted by Crippen LogP contribution is -2.21. The fourth-order valence-corrected chi connectivity index (χ4v) is 2.82. The van der Waals surface area contributed by atoms with Gasteiger partial charge in [0, 0.05) is 10.8 Å². The van der Waals surface area contributed by atoms with Crippen LogP contribution in [0.25, 0.3) is 22.5 Å². The van der Waals surface area contributed by atoms with Gasteiger partial charge in [0.2, 0.25) is 0 Å². The number of benzene rings is 1. The minimum Gasteiger partial charge on any atom is -0.410 e. The van der Waals surface area contributed by atoms with Gasteiger partial charge < -0.3 is 4.42 Å². The molecule has 2 heterocycles. The summed E-state index contributed by atoms with van der Waals surface area (Å²) in [7, 11) is 0. The van der Waals surface area contributed by atoms with E-state index in [1.54, 1.807) is 0 Å². The van der Waals surface area contributed by atoms with Crippen molar-refractivity contribution >= 4 is 28.4 Å². The summed E-state index contributed by atoms with van der Waals surface area (Å²) in [6.07, 6.45) is 0. The molecule has 118 valence electrons. The Morgan fingerprint density at radius 2 is 1.91 bits per heavy atom. The Morgan fingerprint density at radius 1 is 1.13 bits per heavy atom. The molecule has 0 unspecified atom stereocenters. The van der Waals surface area contributed by atoms with Crippen LogP contribution in [0.5, 0.6) is 0 Å². The second-order valence-corrected chi connectivity index (χ2v) is 7.15. The van der Waals surface area contributed by atoms with Crippen LogP contribution in [0, 0.1) is 5.41 Å². The number of rotatable bonds is 4. The van der Waals surface area contributed by atoms with E-state index in [1.165, 1.54) is 11.8 Å². The van der Waals surface area contributed by atoms with Gasteiger partial charge in [0.1, 0.15) is 11.5 Å². The summed E-state index contributed by atoms with van der Waals surface area (Å²) in [5.41, 5.74) is 1.14. The second-order valence-electron chi connectivity index (χ2n) is 6.22. The van der Waals surface area contributed by atoms with Crippen molar-refractivity contribution < 1.29 is 9.21 Å². The molecule has 1 aromatic carbocycles. The van der Waals surface area contributed by atoms with E-state index in [-0.39, 0.29) is 11.2 Å². The van der Waals surface area contributed by atoms with E-state index in [4.69, 9.17) is 4.42 Å². The number of thioether (sulfide) groups is 1. The van der Waals surface area contributed by atoms with Crippen LogP contribution in [-0.2, 0) is 4.79 Å². The van der Waals surface area contributed by atoms with Crippen molar-refractivity contribution in [3.8, 4) is 11.6 Å². The van der Waals surface area contributed by atoms with Gasteiger partial charge >= 0.3 is 0 Å². The molecule has 0 atom stereocenters. The minimum absolute atomic E-state index is 0.145. The summed E-state index contributed by atoms with van der Waals surface area (Å²) in [4.78, 5) is 16.5. The third kappa shape index (κ3) is 3.59. The molecule has 3 rings (SSSR count). The van der Waals surface area contributed by atoms with Crippen molar-refractivity contribution in [3.05, 3.63) is 36.4 Å². The zero-order valence-electron chi connectivity index (χ0n) is 13.2. The maximum absolute atomic E-state index is 11.9. The number of nitrogens with zero attached hydrogens (tertiary/aromatic N) is 3. The first-order valence-corrected chi connectivity index (χ1v) is 8.28. The van der Waals surface area contributed by atoms with Crippen LogP contribution >= 0.6 is 11.8 Å². The van der Waals surface area contributed by atoms with Crippen molar-refractivity contribution in [2.24, 2.45) is 5.41 Å². The molecule has 0 aliphatic rings. The van der Waals surface area contributed by atoms with Gasteiger partial charge in [0.05, 0.1) is 11.3 Å². The summed E-state index contributed by atoms with van der Waals surface area (Å²) >= 11 is 1.26. The molecule has 3 aromatic rings. The number of Topliss-reactive ketones (excluding diaryl/α,β-unsaturated/α-hetero) is 1. The van der Waals surface area contributed by atoms with E-state index in [2.05, 4.69) is 15.2 Å².